The molecule has 2 saturated carbocycles. The van der Waals surface area contributed by atoms with Crippen LogP contribution in [0.2, 0.25) is 0 Å². The Hall–Kier alpha value is -1.25. The molecule has 2 aliphatic rings. The van der Waals surface area contributed by atoms with Crippen LogP contribution in [0, 0.1) is 25.2 Å². The van der Waals surface area contributed by atoms with Crippen LogP contribution in [0.15, 0.2) is 12.1 Å². The number of hydrogen-bond acceptors (Lipinski definition) is 2. The largest absolute Gasteiger partial charge is 0.469 e. The lowest BCUT2D eigenvalue weighted by Gasteiger charge is -2.26. The highest BCUT2D eigenvalue weighted by atomic mass is 16.5. The number of carbonyl (C=O) groups is 1. The number of rotatable bonds is 2. The summed E-state index contributed by atoms with van der Waals surface area (Å²) in [6.07, 6.45) is 5.47. The van der Waals surface area contributed by atoms with Crippen LogP contribution in [0.5, 0.6) is 0 Å². The van der Waals surface area contributed by atoms with E-state index in [1.807, 2.05) is 0 Å². The highest BCUT2D eigenvalue weighted by Gasteiger charge is 2.56. The molecule has 0 aromatic carbocycles. The number of methoxy groups -OCH3 is 1. The van der Waals surface area contributed by atoms with Crippen molar-refractivity contribution in [1.29, 1.82) is 0 Å². The van der Waals surface area contributed by atoms with Crippen LogP contribution in [0.1, 0.15) is 49.5 Å². The summed E-state index contributed by atoms with van der Waals surface area (Å²) >= 11 is 0. The Balaban J connectivity index is 1.92. The maximum absolute atomic E-state index is 12.3. The summed E-state index contributed by atoms with van der Waals surface area (Å²) < 4.78 is 7.54. The van der Waals surface area contributed by atoms with Gasteiger partial charge in [0.2, 0.25) is 0 Å². The van der Waals surface area contributed by atoms with E-state index >= 15 is 0 Å². The van der Waals surface area contributed by atoms with E-state index in [1.165, 1.54) is 31.3 Å². The first-order valence-corrected chi connectivity index (χ1v) is 7.31. The summed E-state index contributed by atoms with van der Waals surface area (Å²) in [6, 6.07) is 4.82. The van der Waals surface area contributed by atoms with Gasteiger partial charge in [0.25, 0.3) is 0 Å². The molecule has 2 aliphatic carbocycles. The fraction of sp³-hybridized carbons (Fsp3) is 0.688. The molecule has 0 N–H and O–H groups in total. The van der Waals surface area contributed by atoms with Crippen LogP contribution >= 0.6 is 0 Å². The third-order valence-corrected chi connectivity index (χ3v) is 5.40. The molecule has 3 atom stereocenters. The third kappa shape index (κ3) is 1.74. The van der Waals surface area contributed by atoms with Crippen molar-refractivity contribution in [3.63, 3.8) is 0 Å². The fourth-order valence-electron chi connectivity index (χ4n) is 4.60. The number of aryl methyl sites for hydroxylation is 2. The molecule has 104 valence electrons. The summed E-state index contributed by atoms with van der Waals surface area (Å²) in [4.78, 5) is 12.3. The van der Waals surface area contributed by atoms with Crippen molar-refractivity contribution in [1.82, 2.24) is 4.57 Å². The lowest BCUT2D eigenvalue weighted by molar-refractivity contribution is -0.154. The third-order valence-electron chi connectivity index (χ3n) is 5.40. The van der Waals surface area contributed by atoms with Crippen molar-refractivity contribution >= 4 is 5.97 Å². The summed E-state index contributed by atoms with van der Waals surface area (Å²) in [5.74, 6) is 0.547. The van der Waals surface area contributed by atoms with E-state index in [1.54, 1.807) is 0 Å². The standard InChI is InChI=1S/C16H23NO2/c1-11-6-7-12(2)17(11)14-9-13-5-4-8-16(13,10-14)15(18)19-3/h6-7,13-14H,4-5,8-10H2,1-3H3. The van der Waals surface area contributed by atoms with Gasteiger partial charge in [-0.15, -0.1) is 0 Å². The van der Waals surface area contributed by atoms with Crippen LogP contribution in [-0.2, 0) is 9.53 Å². The molecular formula is C16H23NO2. The van der Waals surface area contributed by atoms with Gasteiger partial charge in [-0.1, -0.05) is 6.42 Å². The Kier molecular flexibility index (Phi) is 2.95. The van der Waals surface area contributed by atoms with Gasteiger partial charge in [0.1, 0.15) is 0 Å². The Labute approximate surface area is 114 Å². The molecule has 1 aromatic heterocycles. The summed E-state index contributed by atoms with van der Waals surface area (Å²) in [7, 11) is 1.53. The molecule has 0 bridgehead atoms. The zero-order valence-corrected chi connectivity index (χ0v) is 12.1. The molecule has 0 spiro atoms. The Morgan fingerprint density at radius 2 is 2.05 bits per heavy atom. The van der Waals surface area contributed by atoms with E-state index in [0.717, 1.165) is 19.3 Å². The van der Waals surface area contributed by atoms with Gasteiger partial charge in [0, 0.05) is 17.4 Å². The minimum absolute atomic E-state index is 0.0277. The SMILES string of the molecule is COC(=O)C12CCCC1CC(n1c(C)ccc1C)C2. The first-order valence-electron chi connectivity index (χ1n) is 7.31. The summed E-state index contributed by atoms with van der Waals surface area (Å²) in [5, 5.41) is 0. The molecule has 2 fully saturated rings. The second-order valence-corrected chi connectivity index (χ2v) is 6.32. The second-order valence-electron chi connectivity index (χ2n) is 6.32. The molecule has 3 heteroatoms. The minimum Gasteiger partial charge on any atom is -0.469 e. The van der Waals surface area contributed by atoms with Crippen LogP contribution in [0.3, 0.4) is 0 Å². The molecule has 0 aliphatic heterocycles. The Morgan fingerprint density at radius 1 is 1.37 bits per heavy atom. The van der Waals surface area contributed by atoms with E-state index in [0.29, 0.717) is 12.0 Å². The number of hydrogen-bond donors (Lipinski definition) is 0. The predicted molar refractivity (Wildman–Crippen MR) is 74.0 cm³/mol. The first kappa shape index (κ1) is 12.8. The van der Waals surface area contributed by atoms with E-state index in [-0.39, 0.29) is 11.4 Å². The van der Waals surface area contributed by atoms with E-state index in [2.05, 4.69) is 30.5 Å². The number of nitrogens with zero attached hydrogens (tertiary/aromatic N) is 1. The molecule has 3 nitrogen and oxygen atoms in total. The van der Waals surface area contributed by atoms with Gasteiger partial charge in [-0.3, -0.25) is 4.79 Å². The van der Waals surface area contributed by atoms with Crippen LogP contribution in [0.25, 0.3) is 0 Å². The molecule has 0 saturated heterocycles. The number of esters is 1. The number of aromatic nitrogens is 1. The normalized spacial score (nSPS) is 33.4. The summed E-state index contributed by atoms with van der Waals surface area (Å²) in [5.41, 5.74) is 2.42. The smallest absolute Gasteiger partial charge is 0.312 e. The molecule has 1 aromatic rings. The molecular weight excluding hydrogens is 238 g/mol. The van der Waals surface area contributed by atoms with Gasteiger partial charge < -0.3 is 9.30 Å². The molecule has 0 amide bonds. The van der Waals surface area contributed by atoms with E-state index in [9.17, 15) is 4.79 Å². The Bertz CT molecular complexity index is 485. The quantitative estimate of drug-likeness (QED) is 0.764. The van der Waals surface area contributed by atoms with Gasteiger partial charge in [-0.25, -0.2) is 0 Å². The van der Waals surface area contributed by atoms with Gasteiger partial charge in [0.05, 0.1) is 12.5 Å². The summed E-state index contributed by atoms with van der Waals surface area (Å²) in [6.45, 7) is 4.32. The molecule has 1 heterocycles. The predicted octanol–water partition coefficient (Wildman–Crippen LogP) is 3.40. The van der Waals surface area contributed by atoms with Gasteiger partial charge in [0.15, 0.2) is 0 Å². The maximum atomic E-state index is 12.3. The lowest BCUT2D eigenvalue weighted by Crippen LogP contribution is -2.32. The number of fused-ring (bicyclic) bond motifs is 1. The Morgan fingerprint density at radius 3 is 2.68 bits per heavy atom. The van der Waals surface area contributed by atoms with Crippen LogP contribution in [0.4, 0.5) is 0 Å². The minimum atomic E-state index is -0.192. The average molecular weight is 261 g/mol. The highest BCUT2D eigenvalue weighted by molar-refractivity contribution is 5.78. The number of ether oxygens (including phenoxy) is 1. The van der Waals surface area contributed by atoms with Crippen LogP contribution in [-0.4, -0.2) is 17.6 Å². The molecule has 3 unspecified atom stereocenters. The van der Waals surface area contributed by atoms with Crippen molar-refractivity contribution in [3.8, 4) is 0 Å². The van der Waals surface area contributed by atoms with Crippen molar-refractivity contribution in [3.05, 3.63) is 23.5 Å². The zero-order valence-electron chi connectivity index (χ0n) is 12.1. The monoisotopic (exact) mass is 261 g/mol. The topological polar surface area (TPSA) is 31.2 Å². The van der Waals surface area contributed by atoms with E-state index in [4.69, 9.17) is 4.74 Å². The molecule has 0 radical (unpaired) electrons. The maximum Gasteiger partial charge on any atom is 0.312 e. The van der Waals surface area contributed by atoms with Gasteiger partial charge >= 0.3 is 5.97 Å². The first-order chi connectivity index (χ1) is 9.08. The van der Waals surface area contributed by atoms with Crippen LogP contribution < -0.4 is 0 Å². The zero-order chi connectivity index (χ0) is 13.6. The lowest BCUT2D eigenvalue weighted by atomic mass is 9.80. The number of carbonyl (C=O) groups excluding carboxylic acids is 1. The average Bonchev–Trinajstić information content (AvgIpc) is 3.01. The molecule has 19 heavy (non-hydrogen) atoms. The molecule has 3 rings (SSSR count). The van der Waals surface area contributed by atoms with Crippen molar-refractivity contribution in [2.75, 3.05) is 7.11 Å². The fourth-order valence-corrected chi connectivity index (χ4v) is 4.60. The van der Waals surface area contributed by atoms with Crippen molar-refractivity contribution in [2.24, 2.45) is 11.3 Å². The van der Waals surface area contributed by atoms with Gasteiger partial charge in [-0.05, 0) is 57.6 Å². The van der Waals surface area contributed by atoms with E-state index < -0.39 is 0 Å². The van der Waals surface area contributed by atoms with Crippen molar-refractivity contribution in [2.45, 2.75) is 52.0 Å². The second kappa shape index (κ2) is 4.39. The van der Waals surface area contributed by atoms with Gasteiger partial charge in [-0.2, -0.15) is 0 Å². The van der Waals surface area contributed by atoms with Crippen molar-refractivity contribution < 1.29 is 9.53 Å². The highest BCUT2D eigenvalue weighted by Crippen LogP contribution is 2.58.